The molecule has 1 saturated heterocycles. The second kappa shape index (κ2) is 6.13. The van der Waals surface area contributed by atoms with E-state index in [-0.39, 0.29) is 0 Å². The number of fused-ring (bicyclic) bond motifs is 1. The molecule has 1 aromatic carbocycles. The van der Waals surface area contributed by atoms with Crippen LogP contribution in [-0.4, -0.2) is 60.9 Å². The van der Waals surface area contributed by atoms with Crippen LogP contribution in [-0.2, 0) is 16.1 Å². The zero-order valence-corrected chi connectivity index (χ0v) is 11.9. The highest BCUT2D eigenvalue weighted by Gasteiger charge is 2.29. The van der Waals surface area contributed by atoms with Crippen molar-refractivity contribution in [1.29, 1.82) is 0 Å². The predicted octanol–water partition coefficient (Wildman–Crippen LogP) is -0.161. The largest absolute Gasteiger partial charge is 0.491 e. The molecule has 2 aliphatic rings. The highest BCUT2D eigenvalue weighted by Crippen LogP contribution is 2.22. The van der Waals surface area contributed by atoms with E-state index in [1.165, 1.54) is 0 Å². The van der Waals surface area contributed by atoms with Gasteiger partial charge in [-0.3, -0.25) is 9.59 Å². The van der Waals surface area contributed by atoms with Gasteiger partial charge in [-0.1, -0.05) is 18.2 Å². The number of hydrogen-bond donors (Lipinski definition) is 1. The molecular formula is C15H19N3O3. The van der Waals surface area contributed by atoms with Gasteiger partial charge in [0.15, 0.2) is 0 Å². The zero-order valence-electron chi connectivity index (χ0n) is 11.9. The van der Waals surface area contributed by atoms with E-state index in [1.54, 1.807) is 9.80 Å². The van der Waals surface area contributed by atoms with E-state index in [9.17, 15) is 9.59 Å². The number of carbonyl (C=O) groups excluding carboxylic acids is 2. The molecule has 1 N–H and O–H groups in total. The fourth-order valence-corrected chi connectivity index (χ4v) is 2.64. The third kappa shape index (κ3) is 3.00. The maximum atomic E-state index is 12.4. The summed E-state index contributed by atoms with van der Waals surface area (Å²) in [5.41, 5.74) is 0.941. The van der Waals surface area contributed by atoms with Gasteiger partial charge in [-0.15, -0.1) is 0 Å². The first-order valence-electron chi connectivity index (χ1n) is 7.25. The Morgan fingerprint density at radius 1 is 1.00 bits per heavy atom. The third-order valence-electron chi connectivity index (χ3n) is 3.83. The van der Waals surface area contributed by atoms with Crippen LogP contribution in [0.15, 0.2) is 24.3 Å². The minimum atomic E-state index is -0.433. The van der Waals surface area contributed by atoms with Gasteiger partial charge in [-0.2, -0.15) is 0 Å². The molecule has 0 aromatic heterocycles. The van der Waals surface area contributed by atoms with E-state index in [1.807, 2.05) is 24.3 Å². The molecule has 0 bridgehead atoms. The Bertz CT molecular complexity index is 541. The molecule has 1 aromatic rings. The number of para-hydroxylation sites is 1. The number of ether oxygens (including phenoxy) is 1. The summed E-state index contributed by atoms with van der Waals surface area (Å²) in [5.74, 6) is -0.0458. The molecule has 3 rings (SSSR count). The van der Waals surface area contributed by atoms with Crippen molar-refractivity contribution >= 4 is 11.8 Å². The van der Waals surface area contributed by atoms with Crippen molar-refractivity contribution in [1.82, 2.24) is 15.1 Å². The van der Waals surface area contributed by atoms with Crippen molar-refractivity contribution in [3.8, 4) is 5.75 Å². The van der Waals surface area contributed by atoms with Crippen LogP contribution >= 0.6 is 0 Å². The normalized spacial score (nSPS) is 18.5. The van der Waals surface area contributed by atoms with Crippen LogP contribution in [0.3, 0.4) is 0 Å². The molecule has 1 fully saturated rings. The van der Waals surface area contributed by atoms with E-state index in [4.69, 9.17) is 4.74 Å². The number of amides is 2. The highest BCUT2D eigenvalue weighted by molar-refractivity contribution is 6.34. The monoisotopic (exact) mass is 289 g/mol. The molecule has 2 aliphatic heterocycles. The number of hydrogen-bond acceptors (Lipinski definition) is 4. The SMILES string of the molecule is O=C(C(=O)N1CCOc2ccccc2C1)N1CCNCC1. The molecule has 112 valence electrons. The van der Waals surface area contributed by atoms with Gasteiger partial charge in [0, 0.05) is 38.3 Å². The van der Waals surface area contributed by atoms with Crippen LogP contribution < -0.4 is 10.1 Å². The number of nitrogens with one attached hydrogen (secondary N) is 1. The molecule has 2 heterocycles. The first-order chi connectivity index (χ1) is 10.3. The molecule has 6 heteroatoms. The summed E-state index contributed by atoms with van der Waals surface area (Å²) in [6.45, 7) is 3.93. The molecule has 0 spiro atoms. The second-order valence-electron chi connectivity index (χ2n) is 5.23. The first-order valence-corrected chi connectivity index (χ1v) is 7.25. The topological polar surface area (TPSA) is 61.9 Å². The van der Waals surface area contributed by atoms with Crippen LogP contribution in [0.5, 0.6) is 5.75 Å². The molecule has 6 nitrogen and oxygen atoms in total. The van der Waals surface area contributed by atoms with Crippen molar-refractivity contribution in [2.75, 3.05) is 39.3 Å². The second-order valence-corrected chi connectivity index (χ2v) is 5.23. The Hall–Kier alpha value is -2.08. The van der Waals surface area contributed by atoms with Crippen molar-refractivity contribution in [2.24, 2.45) is 0 Å². The van der Waals surface area contributed by atoms with Gasteiger partial charge in [0.25, 0.3) is 0 Å². The van der Waals surface area contributed by atoms with Crippen molar-refractivity contribution in [3.63, 3.8) is 0 Å². The quantitative estimate of drug-likeness (QED) is 0.674. The molecule has 0 radical (unpaired) electrons. The number of rotatable bonds is 0. The summed E-state index contributed by atoms with van der Waals surface area (Å²) in [6, 6.07) is 7.63. The molecule has 2 amide bonds. The van der Waals surface area contributed by atoms with Crippen LogP contribution in [0.1, 0.15) is 5.56 Å². The lowest BCUT2D eigenvalue weighted by Crippen LogP contribution is -2.52. The Labute approximate surface area is 123 Å². The van der Waals surface area contributed by atoms with E-state index < -0.39 is 11.8 Å². The van der Waals surface area contributed by atoms with Gasteiger partial charge >= 0.3 is 11.8 Å². The van der Waals surface area contributed by atoms with Crippen LogP contribution in [0.25, 0.3) is 0 Å². The van der Waals surface area contributed by atoms with Gasteiger partial charge in [0.2, 0.25) is 0 Å². The molecule has 0 saturated carbocycles. The van der Waals surface area contributed by atoms with Gasteiger partial charge in [-0.25, -0.2) is 0 Å². The van der Waals surface area contributed by atoms with E-state index in [0.717, 1.165) is 24.4 Å². The Morgan fingerprint density at radius 3 is 2.52 bits per heavy atom. The molecular weight excluding hydrogens is 270 g/mol. The Balaban J connectivity index is 1.71. The Kier molecular flexibility index (Phi) is 4.06. The number of piperazine rings is 1. The van der Waals surface area contributed by atoms with Crippen molar-refractivity contribution in [3.05, 3.63) is 29.8 Å². The molecule has 0 atom stereocenters. The lowest BCUT2D eigenvalue weighted by atomic mass is 10.2. The lowest BCUT2D eigenvalue weighted by Gasteiger charge is -2.29. The van der Waals surface area contributed by atoms with Gasteiger partial charge in [-0.05, 0) is 6.07 Å². The standard InChI is InChI=1S/C15H19N3O3/c19-14(17-7-5-16-6-8-17)15(20)18-9-10-21-13-4-2-1-3-12(13)11-18/h1-4,16H,5-11H2. The molecule has 0 aliphatic carbocycles. The molecule has 0 unspecified atom stereocenters. The van der Waals surface area contributed by atoms with Crippen LogP contribution in [0, 0.1) is 0 Å². The fourth-order valence-electron chi connectivity index (χ4n) is 2.64. The van der Waals surface area contributed by atoms with E-state index in [0.29, 0.717) is 32.8 Å². The predicted molar refractivity (Wildman–Crippen MR) is 76.8 cm³/mol. The highest BCUT2D eigenvalue weighted by atomic mass is 16.5. The van der Waals surface area contributed by atoms with Crippen molar-refractivity contribution < 1.29 is 14.3 Å². The zero-order chi connectivity index (χ0) is 14.7. The van der Waals surface area contributed by atoms with Crippen molar-refractivity contribution in [2.45, 2.75) is 6.54 Å². The Morgan fingerprint density at radius 2 is 1.71 bits per heavy atom. The summed E-state index contributed by atoms with van der Waals surface area (Å²) < 4.78 is 5.63. The minimum Gasteiger partial charge on any atom is -0.491 e. The maximum absolute atomic E-state index is 12.4. The molecule has 21 heavy (non-hydrogen) atoms. The summed E-state index contributed by atoms with van der Waals surface area (Å²) in [6.07, 6.45) is 0. The van der Waals surface area contributed by atoms with E-state index >= 15 is 0 Å². The lowest BCUT2D eigenvalue weighted by molar-refractivity contribution is -0.152. The number of carbonyl (C=O) groups is 2. The first kappa shape index (κ1) is 13.9. The summed E-state index contributed by atoms with van der Waals surface area (Å²) >= 11 is 0. The number of nitrogens with zero attached hydrogens (tertiary/aromatic N) is 2. The van der Waals surface area contributed by atoms with Gasteiger partial charge in [0.05, 0.1) is 6.54 Å². The van der Waals surface area contributed by atoms with E-state index in [2.05, 4.69) is 5.32 Å². The number of benzene rings is 1. The summed E-state index contributed by atoms with van der Waals surface area (Å²) in [4.78, 5) is 27.9. The van der Waals surface area contributed by atoms with Gasteiger partial charge < -0.3 is 19.9 Å². The van der Waals surface area contributed by atoms with Gasteiger partial charge in [0.1, 0.15) is 12.4 Å². The van der Waals surface area contributed by atoms with Crippen LogP contribution in [0.4, 0.5) is 0 Å². The average Bonchev–Trinajstić information content (AvgIpc) is 2.76. The summed E-state index contributed by atoms with van der Waals surface area (Å²) in [5, 5.41) is 3.17. The summed E-state index contributed by atoms with van der Waals surface area (Å²) in [7, 11) is 0. The fraction of sp³-hybridized carbons (Fsp3) is 0.467. The van der Waals surface area contributed by atoms with Crippen LogP contribution in [0.2, 0.25) is 0 Å². The minimum absolute atomic E-state index is 0.407. The third-order valence-corrected chi connectivity index (χ3v) is 3.83. The smallest absolute Gasteiger partial charge is 0.312 e. The average molecular weight is 289 g/mol. The maximum Gasteiger partial charge on any atom is 0.312 e.